The van der Waals surface area contributed by atoms with Crippen molar-refractivity contribution in [2.45, 2.75) is 33.3 Å². The minimum atomic E-state index is -3.36. The van der Waals surface area contributed by atoms with Gasteiger partial charge in [-0.05, 0) is 39.8 Å². The van der Waals surface area contributed by atoms with Crippen LogP contribution >= 0.6 is 7.37 Å². The average molecular weight is 650 g/mol. The van der Waals surface area contributed by atoms with Crippen LogP contribution in [0.1, 0.15) is 48.4 Å². The molecular formula is C31H48N5O8P. The van der Waals surface area contributed by atoms with E-state index < -0.39 is 24.8 Å². The first-order chi connectivity index (χ1) is 21.4. The molecule has 3 rings (SSSR count). The highest BCUT2D eigenvalue weighted by atomic mass is 31.2. The molecule has 14 heteroatoms. The van der Waals surface area contributed by atoms with Crippen molar-refractivity contribution in [1.82, 2.24) is 24.5 Å². The molecule has 0 radical (unpaired) electrons. The van der Waals surface area contributed by atoms with Gasteiger partial charge in [-0.1, -0.05) is 12.1 Å². The Balaban J connectivity index is 1.77. The molecule has 0 spiro atoms. The van der Waals surface area contributed by atoms with Gasteiger partial charge >= 0.3 is 5.97 Å². The van der Waals surface area contributed by atoms with Crippen LogP contribution in [0.4, 0.5) is 0 Å². The number of benzene rings is 1. The molecule has 45 heavy (non-hydrogen) atoms. The maximum Gasteiger partial charge on any atom is 0.320 e. The van der Waals surface area contributed by atoms with E-state index in [-0.39, 0.29) is 51.2 Å². The second-order valence-corrected chi connectivity index (χ2v) is 14.9. The number of hydrogen-bond acceptors (Lipinski definition) is 12. The Bertz CT molecular complexity index is 1200. The van der Waals surface area contributed by atoms with Crippen LogP contribution in [0.3, 0.4) is 0 Å². The Morgan fingerprint density at radius 3 is 1.73 bits per heavy atom. The lowest BCUT2D eigenvalue weighted by molar-refractivity contribution is -0.156. The molecule has 0 saturated carbocycles. The summed E-state index contributed by atoms with van der Waals surface area (Å²) in [5, 5.41) is 0. The minimum absolute atomic E-state index is 0.00311. The third kappa shape index (κ3) is 11.5. The Morgan fingerprint density at radius 1 is 0.822 bits per heavy atom. The molecule has 2 amide bonds. The van der Waals surface area contributed by atoms with Crippen molar-refractivity contribution in [3.8, 4) is 0 Å². The first-order valence-electron chi connectivity index (χ1n) is 15.5. The van der Waals surface area contributed by atoms with Gasteiger partial charge in [0.1, 0.15) is 18.2 Å². The van der Waals surface area contributed by atoms with Gasteiger partial charge in [0.2, 0.25) is 7.37 Å². The Morgan fingerprint density at radius 2 is 1.29 bits per heavy atom. The molecule has 13 nitrogen and oxygen atoms in total. The van der Waals surface area contributed by atoms with Gasteiger partial charge in [0, 0.05) is 65.1 Å². The molecule has 0 aliphatic carbocycles. The normalized spacial score (nSPS) is 19.8. The molecule has 1 fully saturated rings. The third-order valence-electron chi connectivity index (χ3n) is 7.69. The van der Waals surface area contributed by atoms with Crippen LogP contribution in [0.5, 0.6) is 0 Å². The van der Waals surface area contributed by atoms with Crippen molar-refractivity contribution < 1.29 is 37.8 Å². The summed E-state index contributed by atoms with van der Waals surface area (Å²) in [7, 11) is -3.36. The van der Waals surface area contributed by atoms with Crippen LogP contribution in [-0.4, -0.2) is 158 Å². The predicted molar refractivity (Wildman–Crippen MR) is 170 cm³/mol. The molecule has 1 unspecified atom stereocenters. The number of rotatable bonds is 13. The average Bonchev–Trinajstić information content (AvgIpc) is 3.21. The van der Waals surface area contributed by atoms with Crippen LogP contribution < -0.4 is 0 Å². The fraction of sp³-hybridized carbons (Fsp3) is 0.645. The van der Waals surface area contributed by atoms with Crippen molar-refractivity contribution in [3.63, 3.8) is 0 Å². The molecular weight excluding hydrogens is 601 g/mol. The number of amides is 2. The van der Waals surface area contributed by atoms with Gasteiger partial charge in [-0.2, -0.15) is 0 Å². The first kappa shape index (κ1) is 36.7. The number of aldehydes is 2. The quantitative estimate of drug-likeness (QED) is 0.133. The van der Waals surface area contributed by atoms with Crippen LogP contribution in [0.25, 0.3) is 0 Å². The number of fused-ring (bicyclic) bond motifs is 1. The van der Waals surface area contributed by atoms with E-state index in [1.165, 1.54) is 0 Å². The summed E-state index contributed by atoms with van der Waals surface area (Å²) in [6, 6.07) is 6.63. The van der Waals surface area contributed by atoms with Gasteiger partial charge in [0.15, 0.2) is 0 Å². The molecule has 0 N–H and O–H groups in total. The maximum atomic E-state index is 14.2. The Hall–Kier alpha value is -2.80. The Kier molecular flexibility index (Phi) is 14.0. The third-order valence-corrected chi connectivity index (χ3v) is 10.1. The summed E-state index contributed by atoms with van der Waals surface area (Å²) < 4.78 is 25.6. The molecule has 0 bridgehead atoms. The highest BCUT2D eigenvalue weighted by Gasteiger charge is 2.37. The van der Waals surface area contributed by atoms with Crippen LogP contribution in [0, 0.1) is 0 Å². The lowest BCUT2D eigenvalue weighted by Gasteiger charge is -2.34. The standard InChI is InChI=1S/C31H48N5O8P/c1-5-43-45(42,23-20-36-29(40)26-8-6-7-9-27(26)30(36)41)25-35-16-13-33(19-22-38)11-10-32(18-21-37)12-14-34(15-17-35)24-28(39)44-31(2,3)4/h6-9,21-22H,5,10-20,23-25H2,1-4H3. The number of esters is 1. The summed E-state index contributed by atoms with van der Waals surface area (Å²) in [4.78, 5) is 70.5. The van der Waals surface area contributed by atoms with Gasteiger partial charge in [0.05, 0.1) is 43.7 Å². The van der Waals surface area contributed by atoms with E-state index >= 15 is 0 Å². The smallest absolute Gasteiger partial charge is 0.320 e. The highest BCUT2D eigenvalue weighted by molar-refractivity contribution is 7.58. The van der Waals surface area contributed by atoms with Crippen LogP contribution in [0.2, 0.25) is 0 Å². The summed E-state index contributed by atoms with van der Waals surface area (Å²) in [6.07, 6.45) is 1.78. The van der Waals surface area contributed by atoms with Gasteiger partial charge in [-0.3, -0.25) is 43.4 Å². The van der Waals surface area contributed by atoms with Crippen molar-refractivity contribution in [1.29, 1.82) is 0 Å². The van der Waals surface area contributed by atoms with E-state index in [4.69, 9.17) is 9.26 Å². The molecule has 2 aliphatic rings. The van der Waals surface area contributed by atoms with Gasteiger partial charge in [-0.15, -0.1) is 0 Å². The van der Waals surface area contributed by atoms with Gasteiger partial charge in [-0.25, -0.2) is 0 Å². The number of carbonyl (C=O) groups is 5. The van der Waals surface area contributed by atoms with Crippen molar-refractivity contribution in [2.75, 3.05) is 97.6 Å². The predicted octanol–water partition coefficient (Wildman–Crippen LogP) is 1.52. The largest absolute Gasteiger partial charge is 0.459 e. The summed E-state index contributed by atoms with van der Waals surface area (Å²) in [6.45, 7) is 11.9. The van der Waals surface area contributed by atoms with Gasteiger partial charge in [0.25, 0.3) is 11.8 Å². The molecule has 1 atom stereocenters. The fourth-order valence-corrected chi connectivity index (χ4v) is 7.64. The van der Waals surface area contributed by atoms with E-state index in [9.17, 15) is 28.5 Å². The second-order valence-electron chi connectivity index (χ2n) is 12.3. The molecule has 1 saturated heterocycles. The zero-order valence-corrected chi connectivity index (χ0v) is 27.9. The van der Waals surface area contributed by atoms with E-state index in [1.807, 2.05) is 40.4 Å². The summed E-state index contributed by atoms with van der Waals surface area (Å²) in [5.41, 5.74) is 0.0397. The van der Waals surface area contributed by atoms with Crippen molar-refractivity contribution in [2.24, 2.45) is 0 Å². The van der Waals surface area contributed by atoms with Gasteiger partial charge < -0.3 is 18.8 Å². The minimum Gasteiger partial charge on any atom is -0.459 e. The number of imide groups is 1. The SMILES string of the molecule is CCOP(=O)(CCN1C(=O)c2ccccc2C1=O)CN1CCN(CC=O)CCN(CC=O)CCN(CC(=O)OC(C)(C)C)CC1. The lowest BCUT2D eigenvalue weighted by Crippen LogP contribution is -2.48. The van der Waals surface area contributed by atoms with E-state index in [0.717, 1.165) is 17.5 Å². The number of nitrogens with zero attached hydrogens (tertiary/aromatic N) is 5. The van der Waals surface area contributed by atoms with Crippen LogP contribution in [0.15, 0.2) is 24.3 Å². The Labute approximate surface area is 266 Å². The number of hydrogen-bond donors (Lipinski definition) is 0. The van der Waals surface area contributed by atoms with Crippen molar-refractivity contribution >= 4 is 37.7 Å². The van der Waals surface area contributed by atoms with Crippen LogP contribution in [-0.2, 0) is 28.2 Å². The monoisotopic (exact) mass is 649 g/mol. The van der Waals surface area contributed by atoms with E-state index in [0.29, 0.717) is 63.5 Å². The lowest BCUT2D eigenvalue weighted by atomic mass is 10.1. The maximum absolute atomic E-state index is 14.2. The first-order valence-corrected chi connectivity index (χ1v) is 17.5. The zero-order valence-electron chi connectivity index (χ0n) is 27.0. The molecule has 2 heterocycles. The number of carbonyl (C=O) groups excluding carboxylic acids is 5. The fourth-order valence-electron chi connectivity index (χ4n) is 5.42. The van der Waals surface area contributed by atoms with E-state index in [1.54, 1.807) is 31.2 Å². The molecule has 0 aromatic heterocycles. The molecule has 250 valence electrons. The summed E-state index contributed by atoms with van der Waals surface area (Å²) in [5.74, 6) is -1.17. The van der Waals surface area contributed by atoms with E-state index in [2.05, 4.69) is 0 Å². The topological polar surface area (TPSA) is 137 Å². The highest BCUT2D eigenvalue weighted by Crippen LogP contribution is 2.47. The molecule has 1 aromatic rings. The number of ether oxygens (including phenoxy) is 1. The molecule has 2 aliphatic heterocycles. The molecule has 1 aromatic carbocycles. The summed E-state index contributed by atoms with van der Waals surface area (Å²) >= 11 is 0. The van der Waals surface area contributed by atoms with Crippen molar-refractivity contribution in [3.05, 3.63) is 35.4 Å². The second kappa shape index (κ2) is 17.2. The zero-order chi connectivity index (χ0) is 33.0.